The summed E-state index contributed by atoms with van der Waals surface area (Å²) in [5, 5.41) is 1.05. The molecular weight excluding hydrogens is 266 g/mol. The predicted octanol–water partition coefficient (Wildman–Crippen LogP) is 3.30. The van der Waals surface area contributed by atoms with E-state index in [0.717, 1.165) is 17.1 Å². The molecule has 2 aromatic heterocycles. The first-order valence-electron chi connectivity index (χ1n) is 6.68. The number of pyridine rings is 1. The Hall–Kier alpha value is -1.78. The molecule has 0 aliphatic carbocycles. The minimum absolute atomic E-state index is 0.629. The van der Waals surface area contributed by atoms with Crippen LogP contribution in [-0.4, -0.2) is 15.9 Å². The number of fused-ring (bicyclic) bond motifs is 1. The van der Waals surface area contributed by atoms with Crippen molar-refractivity contribution in [2.24, 2.45) is 5.73 Å². The first-order valence-corrected chi connectivity index (χ1v) is 7.50. The van der Waals surface area contributed by atoms with Gasteiger partial charge < -0.3 is 10.1 Å². The molecule has 0 amide bonds. The summed E-state index contributed by atoms with van der Waals surface area (Å²) in [5.74, 6) is 0. The van der Waals surface area contributed by atoms with E-state index < -0.39 is 0 Å². The Morgan fingerprint density at radius 2 is 1.95 bits per heavy atom. The lowest BCUT2D eigenvalue weighted by atomic mass is 10.2. The summed E-state index contributed by atoms with van der Waals surface area (Å²) < 4.78 is 2.13. The van der Waals surface area contributed by atoms with E-state index in [1.165, 1.54) is 16.2 Å². The van der Waals surface area contributed by atoms with Gasteiger partial charge in [-0.25, -0.2) is 4.98 Å². The second kappa shape index (κ2) is 5.69. The van der Waals surface area contributed by atoms with Crippen LogP contribution in [0.25, 0.3) is 5.65 Å². The van der Waals surface area contributed by atoms with Crippen molar-refractivity contribution in [2.75, 3.05) is 6.54 Å². The van der Waals surface area contributed by atoms with Gasteiger partial charge in [-0.05, 0) is 37.7 Å². The number of hydrogen-bond donors (Lipinski definition) is 1. The summed E-state index contributed by atoms with van der Waals surface area (Å²) >= 11 is 1.70. The molecule has 3 nitrogen and oxygen atoms in total. The minimum atomic E-state index is 0.629. The fourth-order valence-electron chi connectivity index (χ4n) is 2.19. The van der Waals surface area contributed by atoms with E-state index >= 15 is 0 Å². The molecule has 3 rings (SSSR count). The Morgan fingerprint density at radius 1 is 1.15 bits per heavy atom. The van der Waals surface area contributed by atoms with Crippen LogP contribution in [0.1, 0.15) is 11.3 Å². The Morgan fingerprint density at radius 3 is 2.70 bits per heavy atom. The van der Waals surface area contributed by atoms with E-state index in [0.29, 0.717) is 6.54 Å². The van der Waals surface area contributed by atoms with Crippen molar-refractivity contribution < 1.29 is 0 Å². The quantitative estimate of drug-likeness (QED) is 0.799. The topological polar surface area (TPSA) is 43.3 Å². The monoisotopic (exact) mass is 283 g/mol. The summed E-state index contributed by atoms with van der Waals surface area (Å²) in [4.78, 5) is 5.93. The zero-order valence-electron chi connectivity index (χ0n) is 11.4. The second-order valence-corrected chi connectivity index (χ2v) is 5.81. The summed E-state index contributed by atoms with van der Waals surface area (Å²) in [6.45, 7) is 2.73. The van der Waals surface area contributed by atoms with Gasteiger partial charge in [0, 0.05) is 17.5 Å². The van der Waals surface area contributed by atoms with Crippen LogP contribution in [-0.2, 0) is 6.42 Å². The van der Waals surface area contributed by atoms with E-state index in [1.54, 1.807) is 11.8 Å². The number of hydrogen-bond acceptors (Lipinski definition) is 3. The van der Waals surface area contributed by atoms with Crippen molar-refractivity contribution in [3.8, 4) is 0 Å². The zero-order valence-corrected chi connectivity index (χ0v) is 12.2. The van der Waals surface area contributed by atoms with Crippen LogP contribution >= 0.6 is 11.8 Å². The van der Waals surface area contributed by atoms with Gasteiger partial charge in [0.15, 0.2) is 0 Å². The predicted molar refractivity (Wildman–Crippen MR) is 83.3 cm³/mol. The fourth-order valence-corrected chi connectivity index (χ4v) is 3.14. The van der Waals surface area contributed by atoms with Gasteiger partial charge in [-0.1, -0.05) is 35.5 Å². The van der Waals surface area contributed by atoms with Crippen molar-refractivity contribution in [2.45, 2.75) is 23.3 Å². The smallest absolute Gasteiger partial charge is 0.138 e. The van der Waals surface area contributed by atoms with Gasteiger partial charge >= 0.3 is 0 Å². The van der Waals surface area contributed by atoms with Gasteiger partial charge in [-0.3, -0.25) is 0 Å². The molecule has 20 heavy (non-hydrogen) atoms. The first kappa shape index (κ1) is 13.2. The third-order valence-electron chi connectivity index (χ3n) is 3.21. The molecule has 0 aliphatic heterocycles. The van der Waals surface area contributed by atoms with Crippen LogP contribution < -0.4 is 5.73 Å². The number of nitrogens with zero attached hydrogens (tertiary/aromatic N) is 2. The number of aryl methyl sites for hydroxylation is 1. The van der Waals surface area contributed by atoms with Gasteiger partial charge in [-0.2, -0.15) is 0 Å². The van der Waals surface area contributed by atoms with Crippen LogP contribution in [0.2, 0.25) is 0 Å². The molecule has 1 aromatic carbocycles. The average Bonchev–Trinajstić information content (AvgIpc) is 2.80. The summed E-state index contributed by atoms with van der Waals surface area (Å²) in [7, 11) is 0. The van der Waals surface area contributed by atoms with Crippen LogP contribution in [0.15, 0.2) is 58.6 Å². The molecule has 0 unspecified atom stereocenters. The van der Waals surface area contributed by atoms with Gasteiger partial charge in [0.1, 0.15) is 10.7 Å². The van der Waals surface area contributed by atoms with Gasteiger partial charge in [0.05, 0.1) is 5.69 Å². The maximum absolute atomic E-state index is 5.74. The van der Waals surface area contributed by atoms with Crippen LogP contribution in [0.5, 0.6) is 0 Å². The summed E-state index contributed by atoms with van der Waals surface area (Å²) in [6.07, 6.45) is 2.88. The van der Waals surface area contributed by atoms with E-state index in [1.807, 2.05) is 24.4 Å². The number of benzene rings is 1. The third kappa shape index (κ3) is 2.57. The molecule has 0 fully saturated rings. The molecule has 0 saturated carbocycles. The van der Waals surface area contributed by atoms with E-state index in [9.17, 15) is 0 Å². The number of aromatic nitrogens is 2. The van der Waals surface area contributed by atoms with Crippen molar-refractivity contribution in [3.63, 3.8) is 0 Å². The summed E-state index contributed by atoms with van der Waals surface area (Å²) in [5.41, 5.74) is 9.18. The van der Waals surface area contributed by atoms with Crippen LogP contribution in [0, 0.1) is 6.92 Å². The lowest BCUT2D eigenvalue weighted by Crippen LogP contribution is -2.05. The van der Waals surface area contributed by atoms with E-state index in [2.05, 4.69) is 35.6 Å². The Balaban J connectivity index is 2.01. The molecular formula is C16H17N3S. The molecule has 3 aromatic rings. The Bertz CT molecular complexity index is 716. The highest BCUT2D eigenvalue weighted by molar-refractivity contribution is 7.99. The van der Waals surface area contributed by atoms with Crippen molar-refractivity contribution in [3.05, 3.63) is 59.9 Å². The van der Waals surface area contributed by atoms with Gasteiger partial charge in [0.2, 0.25) is 0 Å². The van der Waals surface area contributed by atoms with Crippen molar-refractivity contribution in [1.82, 2.24) is 9.38 Å². The standard InChI is InChI=1S/C16H17N3S/c1-12-5-7-13(8-6-12)20-16-14(9-10-17)19-11-3-2-4-15(19)18-16/h2-8,11H,9-10,17H2,1H3. The van der Waals surface area contributed by atoms with E-state index in [4.69, 9.17) is 10.7 Å². The minimum Gasteiger partial charge on any atom is -0.330 e. The molecule has 0 bridgehead atoms. The summed E-state index contributed by atoms with van der Waals surface area (Å²) in [6, 6.07) is 14.6. The van der Waals surface area contributed by atoms with E-state index in [-0.39, 0.29) is 0 Å². The van der Waals surface area contributed by atoms with Gasteiger partial charge in [0.25, 0.3) is 0 Å². The van der Waals surface area contributed by atoms with Crippen LogP contribution in [0.4, 0.5) is 0 Å². The molecule has 2 heterocycles. The molecule has 0 spiro atoms. The van der Waals surface area contributed by atoms with Crippen molar-refractivity contribution >= 4 is 17.4 Å². The van der Waals surface area contributed by atoms with Crippen LogP contribution in [0.3, 0.4) is 0 Å². The third-order valence-corrected chi connectivity index (χ3v) is 4.24. The largest absolute Gasteiger partial charge is 0.330 e. The molecule has 2 N–H and O–H groups in total. The normalized spacial score (nSPS) is 11.1. The Kier molecular flexibility index (Phi) is 3.76. The lowest BCUT2D eigenvalue weighted by molar-refractivity contribution is 0.876. The highest BCUT2D eigenvalue weighted by Gasteiger charge is 2.12. The maximum atomic E-state index is 5.74. The lowest BCUT2D eigenvalue weighted by Gasteiger charge is -2.03. The highest BCUT2D eigenvalue weighted by atomic mass is 32.2. The molecule has 0 radical (unpaired) electrons. The highest BCUT2D eigenvalue weighted by Crippen LogP contribution is 2.30. The molecule has 102 valence electrons. The van der Waals surface area contributed by atoms with Crippen molar-refractivity contribution in [1.29, 1.82) is 0 Å². The molecule has 0 aliphatic rings. The molecule has 0 saturated heterocycles. The number of imidazole rings is 1. The zero-order chi connectivity index (χ0) is 13.9. The number of nitrogens with two attached hydrogens (primary N) is 1. The SMILES string of the molecule is Cc1ccc(Sc2nc3ccccn3c2CCN)cc1. The fraction of sp³-hybridized carbons (Fsp3) is 0.188. The maximum Gasteiger partial charge on any atom is 0.138 e. The van der Waals surface area contributed by atoms with Gasteiger partial charge in [-0.15, -0.1) is 0 Å². The Labute approximate surface area is 122 Å². The average molecular weight is 283 g/mol. The molecule has 4 heteroatoms. The second-order valence-electron chi connectivity index (χ2n) is 4.75. The first-order chi connectivity index (χ1) is 9.78. The molecule has 0 atom stereocenters. The number of rotatable bonds is 4.